The van der Waals surface area contributed by atoms with Gasteiger partial charge in [0, 0.05) is 32.1 Å². The van der Waals surface area contributed by atoms with Crippen molar-refractivity contribution in [3.63, 3.8) is 0 Å². The summed E-state index contributed by atoms with van der Waals surface area (Å²) in [7, 11) is 1.73. The van der Waals surface area contributed by atoms with Gasteiger partial charge in [-0.1, -0.05) is 5.16 Å². The standard InChI is InChI=1S/C21H20N6O3/c1-15-10-22-8-7-16(15)11-26(2)21(28)20-9-19(30-25-20)12-29-18-5-3-17(4-6-18)27-14-23-13-24-27/h3-10,13-14H,11-12H2,1-2H3. The summed E-state index contributed by atoms with van der Waals surface area (Å²) in [6, 6.07) is 10.9. The third kappa shape index (κ3) is 4.35. The van der Waals surface area contributed by atoms with Gasteiger partial charge in [0.25, 0.3) is 5.91 Å². The summed E-state index contributed by atoms with van der Waals surface area (Å²) in [6.45, 7) is 2.59. The Morgan fingerprint density at radius 2 is 2.03 bits per heavy atom. The molecule has 3 heterocycles. The van der Waals surface area contributed by atoms with Crippen LogP contribution in [-0.2, 0) is 13.2 Å². The first kappa shape index (κ1) is 19.3. The van der Waals surface area contributed by atoms with Gasteiger partial charge in [0.15, 0.2) is 11.5 Å². The van der Waals surface area contributed by atoms with Crippen LogP contribution in [0, 0.1) is 6.92 Å². The van der Waals surface area contributed by atoms with E-state index in [1.165, 1.54) is 6.33 Å². The molecule has 0 radical (unpaired) electrons. The van der Waals surface area contributed by atoms with Crippen LogP contribution in [0.5, 0.6) is 5.75 Å². The molecule has 4 aromatic rings. The van der Waals surface area contributed by atoms with Crippen molar-refractivity contribution in [1.29, 1.82) is 0 Å². The predicted molar refractivity (Wildman–Crippen MR) is 107 cm³/mol. The van der Waals surface area contributed by atoms with Crippen molar-refractivity contribution in [1.82, 2.24) is 29.8 Å². The topological polar surface area (TPSA) is 99.2 Å². The molecule has 0 fully saturated rings. The lowest BCUT2D eigenvalue weighted by Crippen LogP contribution is -2.26. The van der Waals surface area contributed by atoms with Crippen LogP contribution in [0.2, 0.25) is 0 Å². The molecule has 9 heteroatoms. The van der Waals surface area contributed by atoms with E-state index in [1.54, 1.807) is 41.4 Å². The van der Waals surface area contributed by atoms with Crippen molar-refractivity contribution < 1.29 is 14.1 Å². The third-order valence-corrected chi connectivity index (χ3v) is 4.57. The SMILES string of the molecule is Cc1cnccc1CN(C)C(=O)c1cc(COc2ccc(-n3cncn3)cc2)on1. The lowest BCUT2D eigenvalue weighted by atomic mass is 10.1. The van der Waals surface area contributed by atoms with Gasteiger partial charge in [0.1, 0.15) is 25.0 Å². The molecule has 152 valence electrons. The monoisotopic (exact) mass is 404 g/mol. The van der Waals surface area contributed by atoms with Gasteiger partial charge in [-0.25, -0.2) is 9.67 Å². The maximum atomic E-state index is 12.6. The molecule has 0 saturated heterocycles. The molecule has 0 spiro atoms. The normalized spacial score (nSPS) is 10.7. The Kier molecular flexibility index (Phi) is 5.51. The van der Waals surface area contributed by atoms with Crippen molar-refractivity contribution in [3.8, 4) is 11.4 Å². The number of rotatable bonds is 7. The van der Waals surface area contributed by atoms with Gasteiger partial charge in [-0.15, -0.1) is 0 Å². The van der Waals surface area contributed by atoms with Gasteiger partial charge >= 0.3 is 0 Å². The molecule has 3 aromatic heterocycles. The number of carbonyl (C=O) groups excluding carboxylic acids is 1. The van der Waals surface area contributed by atoms with E-state index in [0.717, 1.165) is 16.8 Å². The summed E-state index contributed by atoms with van der Waals surface area (Å²) >= 11 is 0. The molecule has 0 aliphatic heterocycles. The Morgan fingerprint density at radius 1 is 1.20 bits per heavy atom. The van der Waals surface area contributed by atoms with E-state index in [2.05, 4.69) is 20.2 Å². The van der Waals surface area contributed by atoms with E-state index in [9.17, 15) is 4.79 Å². The Balaban J connectivity index is 1.34. The van der Waals surface area contributed by atoms with Crippen LogP contribution in [0.1, 0.15) is 27.4 Å². The number of carbonyl (C=O) groups is 1. The summed E-state index contributed by atoms with van der Waals surface area (Å²) in [5, 5.41) is 7.96. The summed E-state index contributed by atoms with van der Waals surface area (Å²) in [5.41, 5.74) is 3.17. The van der Waals surface area contributed by atoms with Crippen LogP contribution >= 0.6 is 0 Å². The van der Waals surface area contributed by atoms with Gasteiger partial charge in [-0.2, -0.15) is 5.10 Å². The minimum Gasteiger partial charge on any atom is -0.486 e. The van der Waals surface area contributed by atoms with Gasteiger partial charge < -0.3 is 14.2 Å². The summed E-state index contributed by atoms with van der Waals surface area (Å²) in [6.07, 6.45) is 6.58. The zero-order chi connectivity index (χ0) is 20.9. The maximum Gasteiger partial charge on any atom is 0.276 e. The van der Waals surface area contributed by atoms with Crippen LogP contribution in [-0.4, -0.2) is 42.8 Å². The number of aryl methyl sites for hydroxylation is 1. The predicted octanol–water partition coefficient (Wildman–Crippen LogP) is 2.81. The smallest absolute Gasteiger partial charge is 0.276 e. The molecule has 0 N–H and O–H groups in total. The lowest BCUT2D eigenvalue weighted by molar-refractivity contribution is 0.0774. The van der Waals surface area contributed by atoms with Crippen molar-refractivity contribution in [2.24, 2.45) is 0 Å². The zero-order valence-electron chi connectivity index (χ0n) is 16.6. The van der Waals surface area contributed by atoms with E-state index < -0.39 is 0 Å². The van der Waals surface area contributed by atoms with Crippen LogP contribution in [0.15, 0.2) is 66.0 Å². The number of ether oxygens (including phenoxy) is 1. The molecule has 9 nitrogen and oxygen atoms in total. The Labute approximate surface area is 172 Å². The highest BCUT2D eigenvalue weighted by molar-refractivity contribution is 5.92. The first-order valence-electron chi connectivity index (χ1n) is 9.28. The van der Waals surface area contributed by atoms with Crippen molar-refractivity contribution >= 4 is 5.91 Å². The molecule has 1 aromatic carbocycles. The molecule has 0 bridgehead atoms. The van der Waals surface area contributed by atoms with E-state index >= 15 is 0 Å². The minimum atomic E-state index is -0.224. The van der Waals surface area contributed by atoms with Gasteiger partial charge in [-0.05, 0) is 48.4 Å². The molecule has 0 unspecified atom stereocenters. The Morgan fingerprint density at radius 3 is 2.77 bits per heavy atom. The Hall–Kier alpha value is -4.01. The second kappa shape index (κ2) is 8.56. The first-order valence-corrected chi connectivity index (χ1v) is 9.28. The second-order valence-electron chi connectivity index (χ2n) is 6.76. The number of hydrogen-bond acceptors (Lipinski definition) is 7. The molecular formula is C21H20N6O3. The average Bonchev–Trinajstić information content (AvgIpc) is 3.46. The van der Waals surface area contributed by atoms with Crippen LogP contribution in [0.25, 0.3) is 5.69 Å². The molecule has 30 heavy (non-hydrogen) atoms. The molecule has 1 amide bonds. The molecule has 0 saturated carbocycles. The maximum absolute atomic E-state index is 12.6. The van der Waals surface area contributed by atoms with Crippen LogP contribution in [0.3, 0.4) is 0 Å². The first-order chi connectivity index (χ1) is 14.6. The highest BCUT2D eigenvalue weighted by atomic mass is 16.5. The third-order valence-electron chi connectivity index (χ3n) is 4.57. The average molecular weight is 404 g/mol. The van der Waals surface area contributed by atoms with E-state index in [-0.39, 0.29) is 18.2 Å². The molecule has 4 rings (SSSR count). The fourth-order valence-electron chi connectivity index (χ4n) is 2.88. The summed E-state index contributed by atoms with van der Waals surface area (Å²) < 4.78 is 12.6. The van der Waals surface area contributed by atoms with Crippen molar-refractivity contribution in [3.05, 3.63) is 84.0 Å². The van der Waals surface area contributed by atoms with Crippen molar-refractivity contribution in [2.75, 3.05) is 7.05 Å². The molecule has 0 aliphatic carbocycles. The summed E-state index contributed by atoms with van der Waals surface area (Å²) in [5.74, 6) is 0.902. The number of hydrogen-bond donors (Lipinski definition) is 0. The number of aromatic nitrogens is 5. The Bertz CT molecular complexity index is 1120. The van der Waals surface area contributed by atoms with Crippen LogP contribution < -0.4 is 4.74 Å². The highest BCUT2D eigenvalue weighted by Crippen LogP contribution is 2.17. The molecular weight excluding hydrogens is 384 g/mol. The lowest BCUT2D eigenvalue weighted by Gasteiger charge is -2.16. The largest absolute Gasteiger partial charge is 0.486 e. The van der Waals surface area contributed by atoms with E-state index in [4.69, 9.17) is 9.26 Å². The quantitative estimate of drug-likeness (QED) is 0.467. The van der Waals surface area contributed by atoms with Crippen LogP contribution in [0.4, 0.5) is 0 Å². The number of nitrogens with zero attached hydrogens (tertiary/aromatic N) is 6. The highest BCUT2D eigenvalue weighted by Gasteiger charge is 2.18. The van der Waals surface area contributed by atoms with Gasteiger partial charge in [0.05, 0.1) is 5.69 Å². The number of benzene rings is 1. The van der Waals surface area contributed by atoms with Gasteiger partial charge in [-0.3, -0.25) is 9.78 Å². The molecule has 0 aliphatic rings. The van der Waals surface area contributed by atoms with E-state index in [1.807, 2.05) is 37.3 Å². The second-order valence-corrected chi connectivity index (χ2v) is 6.76. The van der Waals surface area contributed by atoms with E-state index in [0.29, 0.717) is 18.1 Å². The zero-order valence-corrected chi connectivity index (χ0v) is 16.6. The fourth-order valence-corrected chi connectivity index (χ4v) is 2.88. The number of amides is 1. The fraction of sp³-hybridized carbons (Fsp3) is 0.190. The molecule has 0 atom stereocenters. The minimum absolute atomic E-state index is 0.163. The summed E-state index contributed by atoms with van der Waals surface area (Å²) in [4.78, 5) is 22.2. The van der Waals surface area contributed by atoms with Crippen molar-refractivity contribution in [2.45, 2.75) is 20.1 Å². The van der Waals surface area contributed by atoms with Gasteiger partial charge in [0.2, 0.25) is 0 Å². The number of pyridine rings is 1.